The van der Waals surface area contributed by atoms with Crippen LogP contribution in [-0.2, 0) is 6.42 Å². The van der Waals surface area contributed by atoms with Crippen molar-refractivity contribution in [1.29, 1.82) is 0 Å². The Morgan fingerprint density at radius 1 is 1.03 bits per heavy atom. The molecular formula is C24H20FN3O. The lowest BCUT2D eigenvalue weighted by atomic mass is 10.0. The summed E-state index contributed by atoms with van der Waals surface area (Å²) in [5.74, 6) is -0.472. The third-order valence-electron chi connectivity index (χ3n) is 4.74. The number of nitrogens with one attached hydrogen (secondary N) is 1. The van der Waals surface area contributed by atoms with Gasteiger partial charge in [0.05, 0.1) is 16.8 Å². The Bertz CT molecular complexity index is 1160. The molecule has 4 nitrogen and oxygen atoms in total. The summed E-state index contributed by atoms with van der Waals surface area (Å²) in [7, 11) is 0. The van der Waals surface area contributed by atoms with Crippen LogP contribution in [0.1, 0.15) is 21.6 Å². The van der Waals surface area contributed by atoms with E-state index in [0.717, 1.165) is 27.7 Å². The second-order valence-corrected chi connectivity index (χ2v) is 6.91. The van der Waals surface area contributed by atoms with Crippen LogP contribution in [0.5, 0.6) is 0 Å². The van der Waals surface area contributed by atoms with Crippen molar-refractivity contribution in [3.63, 3.8) is 0 Å². The van der Waals surface area contributed by atoms with Gasteiger partial charge < -0.3 is 5.32 Å². The highest BCUT2D eigenvalue weighted by Gasteiger charge is 2.14. The predicted octanol–water partition coefficient (Wildman–Crippen LogP) is 4.72. The minimum absolute atomic E-state index is 0.165. The van der Waals surface area contributed by atoms with Crippen LogP contribution in [0.3, 0.4) is 0 Å². The second-order valence-electron chi connectivity index (χ2n) is 6.91. The Morgan fingerprint density at radius 2 is 1.86 bits per heavy atom. The van der Waals surface area contributed by atoms with Crippen molar-refractivity contribution in [2.24, 2.45) is 0 Å². The Morgan fingerprint density at radius 3 is 2.62 bits per heavy atom. The monoisotopic (exact) mass is 385 g/mol. The maximum atomic E-state index is 13.3. The topological polar surface area (TPSA) is 54.9 Å². The van der Waals surface area contributed by atoms with Crippen LogP contribution < -0.4 is 5.32 Å². The van der Waals surface area contributed by atoms with Crippen LogP contribution in [0, 0.1) is 12.7 Å². The van der Waals surface area contributed by atoms with Gasteiger partial charge in [-0.2, -0.15) is 0 Å². The molecule has 1 amide bonds. The standard InChI is InChI=1S/C24H20FN3O/c1-16-5-10-22-20(14-16)21(15-23(28-22)17-6-8-18(25)9-7-17)24(29)27-13-11-19-4-2-3-12-26-19/h2-10,12,14-15H,11,13H2,1H3,(H,27,29). The number of carbonyl (C=O) groups is 1. The first kappa shape index (κ1) is 18.7. The molecule has 2 aromatic carbocycles. The third kappa shape index (κ3) is 4.29. The maximum absolute atomic E-state index is 13.3. The fourth-order valence-corrected chi connectivity index (χ4v) is 3.24. The van der Waals surface area contributed by atoms with E-state index in [0.29, 0.717) is 24.2 Å². The summed E-state index contributed by atoms with van der Waals surface area (Å²) in [6.45, 7) is 2.47. The lowest BCUT2D eigenvalue weighted by Gasteiger charge is -2.11. The van der Waals surface area contributed by atoms with Crippen molar-refractivity contribution in [1.82, 2.24) is 15.3 Å². The van der Waals surface area contributed by atoms with Crippen LogP contribution in [0.2, 0.25) is 0 Å². The molecule has 0 fully saturated rings. The highest BCUT2D eigenvalue weighted by Crippen LogP contribution is 2.26. The fourth-order valence-electron chi connectivity index (χ4n) is 3.24. The number of benzene rings is 2. The number of amides is 1. The van der Waals surface area contributed by atoms with E-state index in [1.54, 1.807) is 24.4 Å². The number of nitrogens with zero attached hydrogens (tertiary/aromatic N) is 2. The summed E-state index contributed by atoms with van der Waals surface area (Å²) in [5, 5.41) is 3.78. The van der Waals surface area contributed by atoms with Gasteiger partial charge in [-0.05, 0) is 61.5 Å². The molecule has 0 bridgehead atoms. The smallest absolute Gasteiger partial charge is 0.252 e. The molecule has 0 radical (unpaired) electrons. The van der Waals surface area contributed by atoms with E-state index >= 15 is 0 Å². The molecular weight excluding hydrogens is 365 g/mol. The van der Waals surface area contributed by atoms with E-state index in [2.05, 4.69) is 15.3 Å². The average molecular weight is 385 g/mol. The van der Waals surface area contributed by atoms with Crippen molar-refractivity contribution in [3.8, 4) is 11.3 Å². The first-order chi connectivity index (χ1) is 14.1. The Hall–Kier alpha value is -3.60. The van der Waals surface area contributed by atoms with Crippen LogP contribution in [0.25, 0.3) is 22.2 Å². The largest absolute Gasteiger partial charge is 0.352 e. The molecule has 0 unspecified atom stereocenters. The molecule has 0 atom stereocenters. The van der Waals surface area contributed by atoms with Crippen LogP contribution in [-0.4, -0.2) is 22.4 Å². The minimum Gasteiger partial charge on any atom is -0.352 e. The predicted molar refractivity (Wildman–Crippen MR) is 112 cm³/mol. The average Bonchev–Trinajstić information content (AvgIpc) is 2.74. The first-order valence-corrected chi connectivity index (χ1v) is 9.45. The lowest BCUT2D eigenvalue weighted by molar-refractivity contribution is 0.0955. The minimum atomic E-state index is -0.308. The number of pyridine rings is 2. The van der Waals surface area contributed by atoms with Crippen LogP contribution in [0.4, 0.5) is 4.39 Å². The van der Waals surface area contributed by atoms with Crippen LogP contribution in [0.15, 0.2) is 72.9 Å². The van der Waals surface area contributed by atoms with Crippen molar-refractivity contribution >= 4 is 16.8 Å². The number of fused-ring (bicyclic) bond motifs is 1. The van der Waals surface area contributed by atoms with Gasteiger partial charge in [0.25, 0.3) is 5.91 Å². The van der Waals surface area contributed by atoms with E-state index in [1.165, 1.54) is 12.1 Å². The molecule has 2 aromatic heterocycles. The quantitative estimate of drug-likeness (QED) is 0.541. The molecule has 0 aliphatic rings. The Kier molecular flexibility index (Phi) is 5.29. The summed E-state index contributed by atoms with van der Waals surface area (Å²) in [4.78, 5) is 21.9. The van der Waals surface area contributed by atoms with Crippen LogP contribution >= 0.6 is 0 Å². The van der Waals surface area contributed by atoms with Crippen molar-refractivity contribution in [2.75, 3.05) is 6.54 Å². The summed E-state index contributed by atoms with van der Waals surface area (Å²) in [5.41, 5.74) is 4.66. The number of rotatable bonds is 5. The van der Waals surface area contributed by atoms with Crippen molar-refractivity contribution in [2.45, 2.75) is 13.3 Å². The lowest BCUT2D eigenvalue weighted by Crippen LogP contribution is -2.26. The van der Waals surface area contributed by atoms with Gasteiger partial charge in [0, 0.05) is 35.8 Å². The van der Waals surface area contributed by atoms with E-state index in [4.69, 9.17) is 0 Å². The molecule has 0 saturated carbocycles. The summed E-state index contributed by atoms with van der Waals surface area (Å²) in [6, 6.07) is 19.4. The zero-order chi connectivity index (χ0) is 20.2. The second kappa shape index (κ2) is 8.19. The molecule has 0 saturated heterocycles. The van der Waals surface area contributed by atoms with Gasteiger partial charge in [-0.25, -0.2) is 9.37 Å². The molecule has 2 heterocycles. The summed E-state index contributed by atoms with van der Waals surface area (Å²) < 4.78 is 13.3. The van der Waals surface area contributed by atoms with Gasteiger partial charge >= 0.3 is 0 Å². The van der Waals surface area contributed by atoms with Crippen molar-refractivity contribution in [3.05, 3.63) is 95.6 Å². The van der Waals surface area contributed by atoms with E-state index < -0.39 is 0 Å². The van der Waals surface area contributed by atoms with Gasteiger partial charge in [-0.15, -0.1) is 0 Å². The zero-order valence-electron chi connectivity index (χ0n) is 16.0. The molecule has 5 heteroatoms. The number of aryl methyl sites for hydroxylation is 1. The third-order valence-corrected chi connectivity index (χ3v) is 4.74. The van der Waals surface area contributed by atoms with E-state index in [1.807, 2.05) is 43.3 Å². The van der Waals surface area contributed by atoms with E-state index in [9.17, 15) is 9.18 Å². The SMILES string of the molecule is Cc1ccc2nc(-c3ccc(F)cc3)cc(C(=O)NCCc3ccccn3)c2c1. The van der Waals surface area contributed by atoms with Gasteiger partial charge in [-0.3, -0.25) is 9.78 Å². The number of carbonyl (C=O) groups excluding carboxylic acids is 1. The fraction of sp³-hybridized carbons (Fsp3) is 0.125. The van der Waals surface area contributed by atoms with Crippen molar-refractivity contribution < 1.29 is 9.18 Å². The number of halogens is 1. The number of hydrogen-bond acceptors (Lipinski definition) is 3. The highest BCUT2D eigenvalue weighted by atomic mass is 19.1. The molecule has 0 aliphatic carbocycles. The number of aromatic nitrogens is 2. The zero-order valence-corrected chi connectivity index (χ0v) is 16.0. The first-order valence-electron chi connectivity index (χ1n) is 9.45. The molecule has 4 aromatic rings. The normalized spacial score (nSPS) is 10.8. The van der Waals surface area contributed by atoms with Gasteiger partial charge in [0.15, 0.2) is 0 Å². The number of hydrogen-bond donors (Lipinski definition) is 1. The maximum Gasteiger partial charge on any atom is 0.252 e. The van der Waals surface area contributed by atoms with E-state index in [-0.39, 0.29) is 11.7 Å². The molecule has 1 N–H and O–H groups in total. The molecule has 0 aliphatic heterocycles. The Labute approximate surface area is 168 Å². The molecule has 29 heavy (non-hydrogen) atoms. The Balaban J connectivity index is 1.66. The molecule has 144 valence electrons. The molecule has 4 rings (SSSR count). The highest BCUT2D eigenvalue weighted by molar-refractivity contribution is 6.07. The van der Waals surface area contributed by atoms with Gasteiger partial charge in [-0.1, -0.05) is 17.7 Å². The summed E-state index contributed by atoms with van der Waals surface area (Å²) >= 11 is 0. The molecule has 0 spiro atoms. The summed E-state index contributed by atoms with van der Waals surface area (Å²) in [6.07, 6.45) is 2.39. The van der Waals surface area contributed by atoms with Gasteiger partial charge in [0.1, 0.15) is 5.82 Å². The van der Waals surface area contributed by atoms with Gasteiger partial charge in [0.2, 0.25) is 0 Å².